The van der Waals surface area contributed by atoms with Gasteiger partial charge < -0.3 is 19.5 Å². The number of carbonyl (C=O) groups is 2. The van der Waals surface area contributed by atoms with Gasteiger partial charge in [-0.3, -0.25) is 9.59 Å². The summed E-state index contributed by atoms with van der Waals surface area (Å²) in [5.74, 6) is -0.297. The molecular formula is C24H30N2O7S. The molecule has 1 heterocycles. The van der Waals surface area contributed by atoms with E-state index in [0.717, 1.165) is 11.1 Å². The van der Waals surface area contributed by atoms with Crippen LogP contribution in [0.25, 0.3) is 0 Å². The largest absolute Gasteiger partial charge is 0.486 e. The molecule has 1 amide bonds. The Balaban J connectivity index is 1.47. The second kappa shape index (κ2) is 11.3. The van der Waals surface area contributed by atoms with E-state index in [9.17, 15) is 18.0 Å². The van der Waals surface area contributed by atoms with E-state index in [2.05, 4.69) is 10.0 Å². The van der Waals surface area contributed by atoms with Crippen LogP contribution in [0.1, 0.15) is 25.0 Å². The topological polar surface area (TPSA) is 120 Å². The van der Waals surface area contributed by atoms with Gasteiger partial charge in [0, 0.05) is 6.54 Å². The van der Waals surface area contributed by atoms with Gasteiger partial charge in [-0.2, -0.15) is 4.72 Å². The van der Waals surface area contributed by atoms with Crippen molar-refractivity contribution >= 4 is 21.9 Å². The summed E-state index contributed by atoms with van der Waals surface area (Å²) >= 11 is 0. The molecule has 3 rings (SSSR count). The first kappa shape index (κ1) is 25.5. The molecule has 0 radical (unpaired) electrons. The number of carbonyl (C=O) groups excluding carboxylic acids is 2. The fraction of sp³-hybridized carbons (Fsp3) is 0.417. The first-order valence-corrected chi connectivity index (χ1v) is 12.5. The van der Waals surface area contributed by atoms with Crippen LogP contribution in [-0.4, -0.2) is 52.7 Å². The van der Waals surface area contributed by atoms with Crippen molar-refractivity contribution in [1.82, 2.24) is 10.0 Å². The second-order valence-corrected chi connectivity index (χ2v) is 10.1. The van der Waals surface area contributed by atoms with Crippen molar-refractivity contribution < 1.29 is 32.2 Å². The quantitative estimate of drug-likeness (QED) is 0.489. The van der Waals surface area contributed by atoms with Crippen molar-refractivity contribution in [1.29, 1.82) is 0 Å². The minimum absolute atomic E-state index is 0.0495. The highest BCUT2D eigenvalue weighted by atomic mass is 32.2. The number of ether oxygens (including phenoxy) is 3. The molecule has 0 spiro atoms. The summed E-state index contributed by atoms with van der Waals surface area (Å²) in [6.07, 6.45) is 0.557. The van der Waals surface area contributed by atoms with Crippen molar-refractivity contribution in [2.24, 2.45) is 5.92 Å². The summed E-state index contributed by atoms with van der Waals surface area (Å²) < 4.78 is 43.8. The number of amides is 1. The van der Waals surface area contributed by atoms with Gasteiger partial charge in [0.2, 0.25) is 10.0 Å². The predicted octanol–water partition coefficient (Wildman–Crippen LogP) is 1.97. The first-order chi connectivity index (χ1) is 16.2. The summed E-state index contributed by atoms with van der Waals surface area (Å²) in [4.78, 5) is 24.7. The molecule has 9 nitrogen and oxygen atoms in total. The third-order valence-corrected chi connectivity index (χ3v) is 6.68. The van der Waals surface area contributed by atoms with Gasteiger partial charge in [0.25, 0.3) is 5.91 Å². The molecule has 0 fully saturated rings. The summed E-state index contributed by atoms with van der Waals surface area (Å²) in [5.41, 5.74) is 1.88. The molecule has 1 aliphatic rings. The Morgan fingerprint density at radius 2 is 1.71 bits per heavy atom. The molecule has 1 aliphatic heterocycles. The van der Waals surface area contributed by atoms with Crippen molar-refractivity contribution in [3.63, 3.8) is 0 Å². The molecule has 10 heteroatoms. The molecule has 2 aromatic carbocycles. The molecule has 0 saturated heterocycles. The van der Waals surface area contributed by atoms with Crippen LogP contribution < -0.4 is 19.5 Å². The highest BCUT2D eigenvalue weighted by Crippen LogP contribution is 2.30. The zero-order valence-corrected chi connectivity index (χ0v) is 20.3. The lowest BCUT2D eigenvalue weighted by molar-refractivity contribution is -0.151. The van der Waals surface area contributed by atoms with Crippen LogP contribution in [0.5, 0.6) is 11.5 Å². The summed E-state index contributed by atoms with van der Waals surface area (Å²) in [7, 11) is -3.93. The molecule has 2 aromatic rings. The van der Waals surface area contributed by atoms with Crippen LogP contribution in [0, 0.1) is 12.8 Å². The Kier molecular flexibility index (Phi) is 8.51. The van der Waals surface area contributed by atoms with Crippen molar-refractivity contribution in [3.05, 3.63) is 53.6 Å². The van der Waals surface area contributed by atoms with E-state index in [-0.39, 0.29) is 10.8 Å². The van der Waals surface area contributed by atoms with Gasteiger partial charge in [-0.05, 0) is 49.1 Å². The van der Waals surface area contributed by atoms with Crippen LogP contribution in [0.15, 0.2) is 47.4 Å². The third-order valence-electron chi connectivity index (χ3n) is 5.22. The van der Waals surface area contributed by atoms with Crippen LogP contribution in [-0.2, 0) is 30.8 Å². The van der Waals surface area contributed by atoms with Gasteiger partial charge in [-0.1, -0.05) is 37.6 Å². The van der Waals surface area contributed by atoms with Crippen molar-refractivity contribution in [2.45, 2.75) is 38.1 Å². The van der Waals surface area contributed by atoms with Gasteiger partial charge in [0.05, 0.1) is 4.90 Å². The lowest BCUT2D eigenvalue weighted by Crippen LogP contribution is -2.46. The van der Waals surface area contributed by atoms with Gasteiger partial charge in [-0.15, -0.1) is 0 Å². The van der Waals surface area contributed by atoms with Crippen molar-refractivity contribution in [2.75, 3.05) is 26.4 Å². The summed E-state index contributed by atoms with van der Waals surface area (Å²) in [5, 5.41) is 2.69. The predicted molar refractivity (Wildman–Crippen MR) is 125 cm³/mol. The smallest absolute Gasteiger partial charge is 0.324 e. The maximum Gasteiger partial charge on any atom is 0.324 e. The molecule has 0 aliphatic carbocycles. The molecule has 0 saturated carbocycles. The van der Waals surface area contributed by atoms with Crippen LogP contribution >= 0.6 is 0 Å². The number of aryl methyl sites for hydroxylation is 1. The fourth-order valence-corrected chi connectivity index (χ4v) is 4.61. The van der Waals surface area contributed by atoms with Gasteiger partial charge in [-0.25, -0.2) is 8.42 Å². The Labute approximate surface area is 199 Å². The second-order valence-electron chi connectivity index (χ2n) is 8.34. The normalized spacial score (nSPS) is 13.9. The maximum absolute atomic E-state index is 12.7. The SMILES string of the molecule is Cc1ccc(S(=O)(=O)N[C@H](C(=O)OCC(=O)NCCc2ccc3c(c2)OCCO3)C(C)C)cc1. The fourth-order valence-electron chi connectivity index (χ4n) is 3.28. The lowest BCUT2D eigenvalue weighted by Gasteiger charge is -2.21. The molecule has 1 atom stereocenters. The monoisotopic (exact) mass is 490 g/mol. The number of fused-ring (bicyclic) bond motifs is 1. The Morgan fingerprint density at radius 1 is 1.03 bits per heavy atom. The number of hydrogen-bond donors (Lipinski definition) is 2. The molecule has 184 valence electrons. The van der Waals surface area contributed by atoms with E-state index in [1.807, 2.05) is 25.1 Å². The van der Waals surface area contributed by atoms with E-state index >= 15 is 0 Å². The van der Waals surface area contributed by atoms with Gasteiger partial charge in [0.1, 0.15) is 19.3 Å². The van der Waals surface area contributed by atoms with E-state index < -0.39 is 34.5 Å². The van der Waals surface area contributed by atoms with E-state index in [1.165, 1.54) is 12.1 Å². The molecule has 0 unspecified atom stereocenters. The minimum atomic E-state index is -3.93. The van der Waals surface area contributed by atoms with Crippen LogP contribution in [0.2, 0.25) is 0 Å². The zero-order chi connectivity index (χ0) is 24.7. The Bertz CT molecular complexity index is 1110. The number of benzene rings is 2. The van der Waals surface area contributed by atoms with E-state index in [0.29, 0.717) is 37.7 Å². The average molecular weight is 491 g/mol. The zero-order valence-electron chi connectivity index (χ0n) is 19.5. The standard InChI is InChI=1S/C24H30N2O7S/c1-16(2)23(26-34(29,30)19-7-4-17(3)5-8-19)24(28)33-15-22(27)25-11-10-18-6-9-20-21(14-18)32-13-12-31-20/h4-9,14,16,23,26H,10-13,15H2,1-3H3,(H,25,27)/t23-/m0/s1. The summed E-state index contributed by atoms with van der Waals surface area (Å²) in [6, 6.07) is 10.7. The molecule has 0 aromatic heterocycles. The van der Waals surface area contributed by atoms with Gasteiger partial charge in [0.15, 0.2) is 18.1 Å². The highest BCUT2D eigenvalue weighted by Gasteiger charge is 2.30. The molecule has 34 heavy (non-hydrogen) atoms. The van der Waals surface area contributed by atoms with Gasteiger partial charge >= 0.3 is 5.97 Å². The lowest BCUT2D eigenvalue weighted by atomic mass is 10.1. The van der Waals surface area contributed by atoms with E-state index in [1.54, 1.807) is 26.0 Å². The number of nitrogens with one attached hydrogen (secondary N) is 2. The van der Waals surface area contributed by atoms with Crippen molar-refractivity contribution in [3.8, 4) is 11.5 Å². The van der Waals surface area contributed by atoms with E-state index in [4.69, 9.17) is 14.2 Å². The maximum atomic E-state index is 12.7. The number of rotatable bonds is 10. The Morgan fingerprint density at radius 3 is 2.38 bits per heavy atom. The molecule has 2 N–H and O–H groups in total. The average Bonchev–Trinajstić information content (AvgIpc) is 2.81. The third kappa shape index (κ3) is 6.94. The highest BCUT2D eigenvalue weighted by molar-refractivity contribution is 7.89. The summed E-state index contributed by atoms with van der Waals surface area (Å²) in [6.45, 7) is 6.08. The molecule has 0 bridgehead atoms. The van der Waals surface area contributed by atoms with Crippen LogP contribution in [0.4, 0.5) is 0 Å². The minimum Gasteiger partial charge on any atom is -0.486 e. The number of sulfonamides is 1. The number of hydrogen-bond acceptors (Lipinski definition) is 7. The Hall–Kier alpha value is -3.11. The first-order valence-electron chi connectivity index (χ1n) is 11.1. The molecular weight excluding hydrogens is 460 g/mol. The van der Waals surface area contributed by atoms with Crippen LogP contribution in [0.3, 0.4) is 0 Å². The number of esters is 1.